The van der Waals surface area contributed by atoms with E-state index in [2.05, 4.69) is 0 Å². The molecule has 2 rings (SSSR count). The van der Waals surface area contributed by atoms with Gasteiger partial charge in [-0.3, -0.25) is 19.7 Å². The van der Waals surface area contributed by atoms with Gasteiger partial charge in [-0.25, -0.2) is 0 Å². The van der Waals surface area contributed by atoms with Gasteiger partial charge in [0, 0.05) is 19.2 Å². The maximum atomic E-state index is 12.4. The van der Waals surface area contributed by atoms with Gasteiger partial charge in [-0.1, -0.05) is 17.7 Å². The highest BCUT2D eigenvalue weighted by Gasteiger charge is 2.41. The smallest absolute Gasteiger partial charge is 0.288 e. The summed E-state index contributed by atoms with van der Waals surface area (Å²) in [4.78, 5) is 35.5. The van der Waals surface area contributed by atoms with Crippen LogP contribution < -0.4 is 5.73 Å². The van der Waals surface area contributed by atoms with Crippen molar-refractivity contribution in [2.45, 2.75) is 13.3 Å². The Labute approximate surface area is 125 Å². The summed E-state index contributed by atoms with van der Waals surface area (Å²) in [5.41, 5.74) is 4.29. The number of primary amides is 1. The van der Waals surface area contributed by atoms with Crippen LogP contribution in [-0.2, 0) is 4.79 Å². The van der Waals surface area contributed by atoms with Crippen molar-refractivity contribution in [1.29, 1.82) is 0 Å². The third kappa shape index (κ3) is 2.69. The Morgan fingerprint density at radius 1 is 1.48 bits per heavy atom. The summed E-state index contributed by atoms with van der Waals surface area (Å²) in [5.74, 6) is -0.906. The minimum atomic E-state index is -0.775. The number of benzene rings is 1. The van der Waals surface area contributed by atoms with Gasteiger partial charge in [0.25, 0.3) is 11.6 Å². The summed E-state index contributed by atoms with van der Waals surface area (Å²) >= 11 is 5.93. The molecule has 1 atom stereocenters. The fourth-order valence-electron chi connectivity index (χ4n) is 2.33. The van der Waals surface area contributed by atoms with Crippen LogP contribution in [-0.4, -0.2) is 34.7 Å². The van der Waals surface area contributed by atoms with Crippen LogP contribution in [0.25, 0.3) is 0 Å². The number of nitrogens with zero attached hydrogens (tertiary/aromatic N) is 2. The Hall–Kier alpha value is -2.15. The number of amides is 2. The number of hydrogen-bond acceptors (Lipinski definition) is 4. The average Bonchev–Trinajstić information content (AvgIpc) is 2.82. The van der Waals surface area contributed by atoms with Crippen molar-refractivity contribution in [3.63, 3.8) is 0 Å². The van der Waals surface area contributed by atoms with E-state index in [4.69, 9.17) is 17.3 Å². The van der Waals surface area contributed by atoms with E-state index in [1.54, 1.807) is 6.92 Å². The van der Waals surface area contributed by atoms with Crippen molar-refractivity contribution in [3.05, 3.63) is 38.9 Å². The molecule has 0 saturated carbocycles. The number of hydrogen-bond donors (Lipinski definition) is 1. The van der Waals surface area contributed by atoms with Gasteiger partial charge in [0.05, 0.1) is 15.9 Å². The maximum absolute atomic E-state index is 12.4. The molecule has 1 aliphatic heterocycles. The monoisotopic (exact) mass is 311 g/mol. The van der Waals surface area contributed by atoms with E-state index >= 15 is 0 Å². The van der Waals surface area contributed by atoms with Gasteiger partial charge in [-0.15, -0.1) is 0 Å². The van der Waals surface area contributed by atoms with Crippen LogP contribution in [0.5, 0.6) is 0 Å². The molecule has 1 heterocycles. The van der Waals surface area contributed by atoms with Crippen molar-refractivity contribution in [2.24, 2.45) is 11.1 Å². The van der Waals surface area contributed by atoms with E-state index in [1.165, 1.54) is 23.1 Å². The highest BCUT2D eigenvalue weighted by molar-refractivity contribution is 6.35. The molecule has 112 valence electrons. The third-order valence-corrected chi connectivity index (χ3v) is 4.16. The van der Waals surface area contributed by atoms with E-state index in [0.717, 1.165) is 0 Å². The van der Waals surface area contributed by atoms with Gasteiger partial charge in [0.15, 0.2) is 0 Å². The first-order valence-electron chi connectivity index (χ1n) is 6.28. The predicted octanol–water partition coefficient (Wildman–Crippen LogP) is 1.59. The Morgan fingerprint density at radius 3 is 2.67 bits per heavy atom. The van der Waals surface area contributed by atoms with E-state index in [9.17, 15) is 19.7 Å². The third-order valence-electron chi connectivity index (χ3n) is 3.76. The number of nitro groups is 1. The Kier molecular flexibility index (Phi) is 3.87. The van der Waals surface area contributed by atoms with E-state index in [0.29, 0.717) is 13.0 Å². The van der Waals surface area contributed by atoms with Crippen LogP contribution in [0, 0.1) is 15.5 Å². The fourth-order valence-corrected chi connectivity index (χ4v) is 2.61. The molecule has 1 aromatic carbocycles. The number of halogens is 1. The summed E-state index contributed by atoms with van der Waals surface area (Å²) in [6.07, 6.45) is 0.459. The molecule has 0 spiro atoms. The van der Waals surface area contributed by atoms with Crippen molar-refractivity contribution >= 4 is 29.1 Å². The number of nitrogens with two attached hydrogens (primary N) is 1. The van der Waals surface area contributed by atoms with E-state index in [1.807, 2.05) is 0 Å². The van der Waals surface area contributed by atoms with Crippen LogP contribution in [0.2, 0.25) is 5.02 Å². The van der Waals surface area contributed by atoms with Crippen LogP contribution in [0.4, 0.5) is 5.69 Å². The molecule has 7 nitrogen and oxygen atoms in total. The first-order valence-corrected chi connectivity index (χ1v) is 6.66. The summed E-state index contributed by atoms with van der Waals surface area (Å²) in [6.45, 7) is 2.23. The van der Waals surface area contributed by atoms with Gasteiger partial charge in [0.2, 0.25) is 5.91 Å². The lowest BCUT2D eigenvalue weighted by atomic mass is 9.89. The molecule has 8 heteroatoms. The minimum Gasteiger partial charge on any atom is -0.369 e. The first kappa shape index (κ1) is 15.2. The summed E-state index contributed by atoms with van der Waals surface area (Å²) < 4.78 is 0. The second kappa shape index (κ2) is 5.33. The molecular formula is C13H14ClN3O4. The summed E-state index contributed by atoms with van der Waals surface area (Å²) in [7, 11) is 0. The molecule has 2 amide bonds. The van der Waals surface area contributed by atoms with Crippen molar-refractivity contribution in [2.75, 3.05) is 13.1 Å². The van der Waals surface area contributed by atoms with Crippen LogP contribution in [0.1, 0.15) is 23.7 Å². The molecular weight excluding hydrogens is 298 g/mol. The number of likely N-dealkylation sites (tertiary alicyclic amines) is 1. The van der Waals surface area contributed by atoms with Gasteiger partial charge in [0.1, 0.15) is 5.02 Å². The van der Waals surface area contributed by atoms with Gasteiger partial charge in [-0.05, 0) is 19.4 Å². The lowest BCUT2D eigenvalue weighted by molar-refractivity contribution is -0.384. The molecule has 1 fully saturated rings. The number of nitro benzene ring substituents is 1. The molecule has 1 aliphatic rings. The molecule has 1 aromatic rings. The average molecular weight is 312 g/mol. The lowest BCUT2D eigenvalue weighted by Crippen LogP contribution is -2.38. The highest BCUT2D eigenvalue weighted by Crippen LogP contribution is 2.33. The Morgan fingerprint density at radius 2 is 2.14 bits per heavy atom. The normalized spacial score (nSPS) is 21.3. The topological polar surface area (TPSA) is 107 Å². The van der Waals surface area contributed by atoms with Crippen LogP contribution in [0.15, 0.2) is 18.2 Å². The maximum Gasteiger partial charge on any atom is 0.288 e. The van der Waals surface area contributed by atoms with Crippen LogP contribution >= 0.6 is 11.6 Å². The second-order valence-corrected chi connectivity index (χ2v) is 5.68. The van der Waals surface area contributed by atoms with Gasteiger partial charge >= 0.3 is 0 Å². The molecule has 1 unspecified atom stereocenters. The van der Waals surface area contributed by atoms with Crippen LogP contribution in [0.3, 0.4) is 0 Å². The second-order valence-electron chi connectivity index (χ2n) is 5.30. The van der Waals surface area contributed by atoms with Crippen molar-refractivity contribution in [1.82, 2.24) is 4.90 Å². The zero-order chi connectivity index (χ0) is 15.8. The molecule has 0 aliphatic carbocycles. The van der Waals surface area contributed by atoms with E-state index < -0.39 is 22.2 Å². The number of rotatable bonds is 3. The molecule has 0 radical (unpaired) electrons. The predicted molar refractivity (Wildman–Crippen MR) is 75.9 cm³/mol. The van der Waals surface area contributed by atoms with Gasteiger partial charge in [-0.2, -0.15) is 0 Å². The molecule has 0 bridgehead atoms. The Balaban J connectivity index is 2.29. The SMILES string of the molecule is CC1(C(N)=O)CCN(C(=O)c2cccc([N+](=O)[O-])c2Cl)C1. The summed E-state index contributed by atoms with van der Waals surface area (Å²) in [5, 5.41) is 10.7. The first-order chi connectivity index (χ1) is 9.76. The molecule has 2 N–H and O–H groups in total. The van der Waals surface area contributed by atoms with E-state index in [-0.39, 0.29) is 22.8 Å². The lowest BCUT2D eigenvalue weighted by Gasteiger charge is -2.21. The van der Waals surface area contributed by atoms with Crippen molar-refractivity contribution < 1.29 is 14.5 Å². The highest BCUT2D eigenvalue weighted by atomic mass is 35.5. The largest absolute Gasteiger partial charge is 0.369 e. The standard InChI is InChI=1S/C13H14ClN3O4/c1-13(12(15)19)5-6-16(7-13)11(18)8-3-2-4-9(10(8)14)17(20)21/h2-4H,5-7H2,1H3,(H2,15,19). The molecule has 21 heavy (non-hydrogen) atoms. The molecule has 1 saturated heterocycles. The molecule has 0 aromatic heterocycles. The minimum absolute atomic E-state index is 0.0552. The number of carbonyl (C=O) groups excluding carboxylic acids is 2. The quantitative estimate of drug-likeness (QED) is 0.675. The fraction of sp³-hybridized carbons (Fsp3) is 0.385. The van der Waals surface area contributed by atoms with Crippen molar-refractivity contribution in [3.8, 4) is 0 Å². The zero-order valence-electron chi connectivity index (χ0n) is 11.3. The zero-order valence-corrected chi connectivity index (χ0v) is 12.1. The summed E-state index contributed by atoms with van der Waals surface area (Å²) in [6, 6.07) is 4.06. The number of carbonyl (C=O) groups is 2. The Bertz CT molecular complexity index is 634. The van der Waals surface area contributed by atoms with Gasteiger partial charge < -0.3 is 10.6 Å².